The predicted octanol–water partition coefficient (Wildman–Crippen LogP) is 18.1. The van der Waals surface area contributed by atoms with Crippen LogP contribution in [0.15, 0.2) is 267 Å². The molecule has 0 amide bonds. The average molecular weight is 1200 g/mol. The van der Waals surface area contributed by atoms with Gasteiger partial charge in [-0.05, 0) is 172 Å². The van der Waals surface area contributed by atoms with E-state index in [1.54, 1.807) is 0 Å². The second-order valence-electron chi connectivity index (χ2n) is 30.5. The topological polar surface area (TPSA) is 9.72 Å². The van der Waals surface area contributed by atoms with Crippen molar-refractivity contribution in [3.05, 3.63) is 284 Å². The SMILES string of the molecule is CC(C)(C)c1cccc(N2c3cc(C(C)(C)C)ccc3B3c4cc(-c5ccccc5)ccc4N(c4ccc(-c5ccccc5)cc4)c4cc(N5c6ccc([Si](c7ccccc7)(c7ccccc7)c7ccccc7)cc6C6(C)CC(C)(C)C(C)(C)CC56C)cc2c43)c1. The highest BCUT2D eigenvalue weighted by atomic mass is 28.3. The molecule has 2 unspecified atom stereocenters. The molecule has 11 aromatic rings. The van der Waals surface area contributed by atoms with Crippen molar-refractivity contribution < 1.29 is 0 Å². The highest BCUT2D eigenvalue weighted by Gasteiger charge is 2.66. The first-order chi connectivity index (χ1) is 43.6. The van der Waals surface area contributed by atoms with Crippen LogP contribution in [0.1, 0.15) is 113 Å². The van der Waals surface area contributed by atoms with E-state index in [1.807, 2.05) is 0 Å². The zero-order valence-electron chi connectivity index (χ0n) is 55.2. The van der Waals surface area contributed by atoms with Crippen molar-refractivity contribution in [2.45, 2.75) is 118 Å². The maximum atomic E-state index is 2.88. The standard InChI is InChI=1S/C86H84BN3Si/c1-81(2,3)63-33-28-34-66(52-63)89-77-53-64(82(4,5)6)44-48-73(77)87-74-51-62(60-31-20-14-21-32-60)43-49-76(74)88(65-45-41-61(42-46-65)59-29-18-13-19-30-59)78-54-67(55-79(89)80(78)87)90-75-50-47-71(56-72(75)85(11)57-83(7,8)84(9,10)58-86(85,90)12)91(68-35-22-15-23-36-68,69-37-24-16-25-38-69)70-39-26-17-27-40-70/h13-56H,57-58H2,1-12H3. The molecule has 0 saturated heterocycles. The Bertz CT molecular complexity index is 4490. The fourth-order valence-corrected chi connectivity index (χ4v) is 21.7. The van der Waals surface area contributed by atoms with E-state index in [1.165, 1.54) is 116 Å². The molecule has 1 saturated carbocycles. The van der Waals surface area contributed by atoms with Gasteiger partial charge in [-0.2, -0.15) is 0 Å². The van der Waals surface area contributed by atoms with Crippen LogP contribution in [-0.2, 0) is 16.2 Å². The lowest BCUT2D eigenvalue weighted by atomic mass is 9.33. The number of benzene rings is 11. The maximum absolute atomic E-state index is 2.94. The highest BCUT2D eigenvalue weighted by Crippen LogP contribution is 2.69. The lowest BCUT2D eigenvalue weighted by Gasteiger charge is -2.61. The monoisotopic (exact) mass is 1200 g/mol. The number of rotatable bonds is 9. The molecule has 0 aromatic heterocycles. The quantitative estimate of drug-likeness (QED) is 0.105. The van der Waals surface area contributed by atoms with Gasteiger partial charge in [-0.25, -0.2) is 0 Å². The smallest absolute Gasteiger partial charge is 0.252 e. The Labute approximate surface area is 543 Å². The molecule has 3 aliphatic heterocycles. The van der Waals surface area contributed by atoms with Gasteiger partial charge in [-0.15, -0.1) is 0 Å². The van der Waals surface area contributed by atoms with Gasteiger partial charge in [0.25, 0.3) is 6.71 Å². The second-order valence-corrected chi connectivity index (χ2v) is 34.3. The fourth-order valence-electron chi connectivity index (χ4n) is 17.0. The lowest BCUT2D eigenvalue weighted by Crippen LogP contribution is -2.74. The Morgan fingerprint density at radius 2 is 0.824 bits per heavy atom. The van der Waals surface area contributed by atoms with Gasteiger partial charge in [0.05, 0.1) is 5.54 Å². The van der Waals surface area contributed by atoms with Crippen molar-refractivity contribution in [2.24, 2.45) is 10.8 Å². The van der Waals surface area contributed by atoms with E-state index >= 15 is 0 Å². The van der Waals surface area contributed by atoms with Crippen LogP contribution in [0.5, 0.6) is 0 Å². The largest absolute Gasteiger partial charge is 0.334 e. The second kappa shape index (κ2) is 21.1. The van der Waals surface area contributed by atoms with Crippen LogP contribution >= 0.6 is 0 Å². The summed E-state index contributed by atoms with van der Waals surface area (Å²) in [7, 11) is -2.94. The van der Waals surface area contributed by atoms with E-state index in [4.69, 9.17) is 0 Å². The summed E-state index contributed by atoms with van der Waals surface area (Å²) < 4.78 is 0. The summed E-state index contributed by atoms with van der Waals surface area (Å²) in [6.45, 7) is 29.6. The summed E-state index contributed by atoms with van der Waals surface area (Å²) in [5.74, 6) is 0. The van der Waals surface area contributed by atoms with Gasteiger partial charge in [-0.1, -0.05) is 288 Å². The molecule has 0 N–H and O–H groups in total. The Balaban J connectivity index is 1.06. The molecule has 0 bridgehead atoms. The Morgan fingerprint density at radius 3 is 1.38 bits per heavy atom. The minimum Gasteiger partial charge on any atom is -0.334 e. The minimum absolute atomic E-state index is 0.0147. The molecule has 91 heavy (non-hydrogen) atoms. The lowest BCUT2D eigenvalue weighted by molar-refractivity contribution is -0.0311. The van der Waals surface area contributed by atoms with E-state index in [0.29, 0.717) is 0 Å². The van der Waals surface area contributed by atoms with Gasteiger partial charge in [0.2, 0.25) is 0 Å². The molecule has 4 aliphatic rings. The highest BCUT2D eigenvalue weighted by molar-refractivity contribution is 7.20. The van der Waals surface area contributed by atoms with Crippen LogP contribution < -0.4 is 51.8 Å². The number of nitrogens with zero attached hydrogens (tertiary/aromatic N) is 3. The van der Waals surface area contributed by atoms with Crippen LogP contribution in [0, 0.1) is 10.8 Å². The summed E-state index contributed by atoms with van der Waals surface area (Å²) in [5, 5.41) is 5.59. The van der Waals surface area contributed by atoms with Crippen molar-refractivity contribution in [1.82, 2.24) is 0 Å². The molecule has 3 nitrogen and oxygen atoms in total. The molecule has 15 rings (SSSR count). The number of anilines is 8. The molecule has 3 heterocycles. The molecule has 0 spiro atoms. The molecule has 1 fully saturated rings. The first-order valence-electron chi connectivity index (χ1n) is 33.1. The van der Waals surface area contributed by atoms with Gasteiger partial charge in [0.1, 0.15) is 0 Å². The minimum atomic E-state index is -2.94. The van der Waals surface area contributed by atoms with E-state index in [9.17, 15) is 0 Å². The third kappa shape index (κ3) is 9.10. The van der Waals surface area contributed by atoms with Crippen molar-refractivity contribution in [1.29, 1.82) is 0 Å². The molecule has 2 atom stereocenters. The van der Waals surface area contributed by atoms with E-state index < -0.39 is 8.07 Å². The third-order valence-corrected chi connectivity index (χ3v) is 27.2. The van der Waals surface area contributed by atoms with Gasteiger partial charge in [0.15, 0.2) is 8.07 Å². The molecule has 450 valence electrons. The molecule has 1 aliphatic carbocycles. The summed E-state index contributed by atoms with van der Waals surface area (Å²) in [6, 6.07) is 103. The van der Waals surface area contributed by atoms with Gasteiger partial charge >= 0.3 is 0 Å². The number of hydrogen-bond acceptors (Lipinski definition) is 3. The molecule has 5 heteroatoms. The van der Waals surface area contributed by atoms with Crippen LogP contribution in [0.3, 0.4) is 0 Å². The first kappa shape index (κ1) is 58.5. The van der Waals surface area contributed by atoms with E-state index in [2.05, 4.69) is 365 Å². The van der Waals surface area contributed by atoms with Crippen LogP contribution in [0.25, 0.3) is 22.3 Å². The summed E-state index contributed by atoms with van der Waals surface area (Å²) in [5.41, 5.74) is 21.7. The Hall–Kier alpha value is -8.90. The maximum Gasteiger partial charge on any atom is 0.252 e. The van der Waals surface area contributed by atoms with Crippen molar-refractivity contribution in [3.8, 4) is 22.3 Å². The first-order valence-corrected chi connectivity index (χ1v) is 35.1. The molecule has 11 aromatic carbocycles. The van der Waals surface area contributed by atoms with Crippen LogP contribution in [0.2, 0.25) is 0 Å². The summed E-state index contributed by atoms with van der Waals surface area (Å²) >= 11 is 0. The average Bonchev–Trinajstić information content (AvgIpc) is 1.66. The molecular formula is C86H84BN3Si. The van der Waals surface area contributed by atoms with Gasteiger partial charge in [-0.3, -0.25) is 0 Å². The molecular weight excluding hydrogens is 1110 g/mol. The third-order valence-electron chi connectivity index (χ3n) is 22.5. The van der Waals surface area contributed by atoms with Crippen molar-refractivity contribution in [3.63, 3.8) is 0 Å². The zero-order chi connectivity index (χ0) is 63.0. The zero-order valence-corrected chi connectivity index (χ0v) is 56.2. The van der Waals surface area contributed by atoms with Crippen molar-refractivity contribution in [2.75, 3.05) is 14.7 Å². The van der Waals surface area contributed by atoms with Gasteiger partial charge < -0.3 is 14.7 Å². The van der Waals surface area contributed by atoms with Crippen molar-refractivity contribution >= 4 is 97.4 Å². The summed E-state index contributed by atoms with van der Waals surface area (Å²) in [6.07, 6.45) is 2.02. The Morgan fingerprint density at radius 1 is 0.341 bits per heavy atom. The Kier molecular flexibility index (Phi) is 13.5. The van der Waals surface area contributed by atoms with E-state index in [-0.39, 0.29) is 39.3 Å². The summed E-state index contributed by atoms with van der Waals surface area (Å²) in [4.78, 5) is 8.18. The number of hydrogen-bond donors (Lipinski definition) is 0. The van der Waals surface area contributed by atoms with Gasteiger partial charge in [0, 0.05) is 50.9 Å². The molecule has 0 radical (unpaired) electrons. The van der Waals surface area contributed by atoms with Crippen LogP contribution in [-0.4, -0.2) is 20.3 Å². The van der Waals surface area contributed by atoms with Crippen LogP contribution in [0.4, 0.5) is 45.5 Å². The van der Waals surface area contributed by atoms with E-state index in [0.717, 1.165) is 18.5 Å². The predicted molar refractivity (Wildman–Crippen MR) is 393 cm³/mol. The number of fused-ring (bicyclic) bond motifs is 7. The normalized spacial score (nSPS) is 18.6. The fraction of sp³-hybridized carbons (Fsp3) is 0.233.